The van der Waals surface area contributed by atoms with Crippen LogP contribution < -0.4 is 0 Å². The summed E-state index contributed by atoms with van der Waals surface area (Å²) in [6.07, 6.45) is 62.0. The Morgan fingerprint density at radius 3 is 1.24 bits per heavy atom. The topological polar surface area (TPSA) is 91.3 Å². The van der Waals surface area contributed by atoms with E-state index in [9.17, 15) is 14.3 Å². The van der Waals surface area contributed by atoms with Gasteiger partial charge < -0.3 is 18.9 Å². The lowest BCUT2D eigenvalue weighted by Gasteiger charge is -2.24. The first-order chi connectivity index (χ1) is 32.1. The lowest BCUT2D eigenvalue weighted by Crippen LogP contribution is -2.37. The second kappa shape index (κ2) is 50.1. The molecular weight excluding hydrogens is 842 g/mol. The van der Waals surface area contributed by atoms with E-state index in [1.807, 2.05) is 21.1 Å². The molecule has 2 atom stereocenters. The van der Waals surface area contributed by atoms with E-state index in [1.54, 1.807) is 0 Å². The zero-order valence-corrected chi connectivity index (χ0v) is 45.3. The van der Waals surface area contributed by atoms with E-state index in [0.29, 0.717) is 24.1 Å². The van der Waals surface area contributed by atoms with Gasteiger partial charge in [0.2, 0.25) is 0 Å². The van der Waals surface area contributed by atoms with Crippen LogP contribution in [0.4, 0.5) is 0 Å². The van der Waals surface area contributed by atoms with Gasteiger partial charge >= 0.3 is 13.8 Å². The number of carbonyl (C=O) groups excluding carboxylic acids is 1. The second-order valence-corrected chi connectivity index (χ2v) is 21.8. The maximum Gasteiger partial charge on any atom is 0.472 e. The zero-order valence-electron chi connectivity index (χ0n) is 44.4. The Bertz CT molecular complexity index is 1150. The first kappa shape index (κ1) is 64.7. The zero-order chi connectivity index (χ0) is 48.3. The molecule has 390 valence electrons. The highest BCUT2D eigenvalue weighted by atomic mass is 31.2. The highest BCUT2D eigenvalue weighted by Gasteiger charge is 2.26. The van der Waals surface area contributed by atoms with Gasteiger partial charge in [-0.15, -0.1) is 0 Å². The molecule has 0 aromatic carbocycles. The largest absolute Gasteiger partial charge is 0.472 e. The van der Waals surface area contributed by atoms with E-state index < -0.39 is 13.9 Å². The van der Waals surface area contributed by atoms with Crippen molar-refractivity contribution in [2.45, 2.75) is 270 Å². The van der Waals surface area contributed by atoms with Crippen LogP contribution in [0.25, 0.3) is 0 Å². The van der Waals surface area contributed by atoms with Crippen LogP contribution in [0.2, 0.25) is 0 Å². The molecule has 0 spiro atoms. The van der Waals surface area contributed by atoms with E-state index in [0.717, 1.165) is 44.9 Å². The number of unbranched alkanes of at least 4 members (excludes halogenated alkanes) is 33. The molecule has 66 heavy (non-hydrogen) atoms. The van der Waals surface area contributed by atoms with Gasteiger partial charge in [0.25, 0.3) is 0 Å². The van der Waals surface area contributed by atoms with Crippen molar-refractivity contribution in [3.8, 4) is 0 Å². The van der Waals surface area contributed by atoms with Crippen LogP contribution in [-0.2, 0) is 27.9 Å². The minimum atomic E-state index is -4.28. The highest BCUT2D eigenvalue weighted by molar-refractivity contribution is 7.47. The Morgan fingerprint density at radius 1 is 0.470 bits per heavy atom. The smallest absolute Gasteiger partial charge is 0.457 e. The fraction of sp³-hybridized carbons (Fsp3) is 0.877. The van der Waals surface area contributed by atoms with Crippen LogP contribution in [0.1, 0.15) is 264 Å². The first-order valence-corrected chi connectivity index (χ1v) is 29.7. The monoisotopic (exact) mass is 953 g/mol. The predicted octanol–water partition coefficient (Wildman–Crippen LogP) is 17.7. The minimum absolute atomic E-state index is 0.0889. The number of rotatable bonds is 53. The summed E-state index contributed by atoms with van der Waals surface area (Å²) in [7, 11) is 1.67. The number of hydrogen-bond donors (Lipinski definition) is 1. The lowest BCUT2D eigenvalue weighted by atomic mass is 10.0. The molecule has 0 aromatic heterocycles. The Labute approximate surface area is 410 Å². The molecule has 0 fully saturated rings. The minimum Gasteiger partial charge on any atom is -0.457 e. The molecule has 0 aromatic rings. The van der Waals surface area contributed by atoms with E-state index >= 15 is 0 Å². The Hall–Kier alpha value is -1.28. The van der Waals surface area contributed by atoms with Gasteiger partial charge in [0, 0.05) is 13.0 Å². The second-order valence-electron chi connectivity index (χ2n) is 20.3. The van der Waals surface area contributed by atoms with Crippen LogP contribution in [0.15, 0.2) is 36.5 Å². The molecule has 0 radical (unpaired) electrons. The molecule has 0 rings (SSSR count). The number of phosphoric acid groups is 1. The molecule has 0 aliphatic carbocycles. The number of likely N-dealkylation sites (N-methyl/N-ethyl adjacent to an activating group) is 1. The summed E-state index contributed by atoms with van der Waals surface area (Å²) in [6, 6.07) is 0. The standard InChI is InChI=1S/C57H110NO7P/c1-6-8-10-12-14-16-18-20-22-24-26-28-29-30-31-33-35-37-39-41-43-45-47-49-52-62-54-56(55-64-66(60,61)63-53-51-58(3,4)5)65-57(59)50-48-46-44-42-40-38-36-34-32-27-25-23-21-19-17-15-13-11-9-7-2/h18,20,24,26,29-30,56H,6-17,19,21-23,25,27-28,31-55H2,1-5H3/p+1/b20-18-,26-24-,30-29-. The van der Waals surface area contributed by atoms with Crippen LogP contribution in [0, 0.1) is 0 Å². The summed E-state index contributed by atoms with van der Waals surface area (Å²) < 4.78 is 35.2. The number of quaternary nitrogens is 1. The van der Waals surface area contributed by atoms with Gasteiger partial charge in [-0.05, 0) is 51.4 Å². The van der Waals surface area contributed by atoms with E-state index in [4.69, 9.17) is 18.5 Å². The molecular formula is C57H111NO7P+. The number of hydrogen-bond acceptors (Lipinski definition) is 6. The fourth-order valence-electron chi connectivity index (χ4n) is 8.09. The van der Waals surface area contributed by atoms with E-state index in [2.05, 4.69) is 50.3 Å². The highest BCUT2D eigenvalue weighted by Crippen LogP contribution is 2.43. The molecule has 0 aliphatic rings. The number of carbonyl (C=O) groups is 1. The van der Waals surface area contributed by atoms with Crippen molar-refractivity contribution in [2.24, 2.45) is 0 Å². The molecule has 0 aliphatic heterocycles. The van der Waals surface area contributed by atoms with Gasteiger partial charge in [-0.25, -0.2) is 4.57 Å². The van der Waals surface area contributed by atoms with E-state index in [-0.39, 0.29) is 25.8 Å². The van der Waals surface area contributed by atoms with Gasteiger partial charge in [-0.2, -0.15) is 0 Å². The van der Waals surface area contributed by atoms with Crippen molar-refractivity contribution < 1.29 is 37.3 Å². The number of allylic oxidation sites excluding steroid dienone is 6. The average molecular weight is 953 g/mol. The lowest BCUT2D eigenvalue weighted by molar-refractivity contribution is -0.870. The van der Waals surface area contributed by atoms with Crippen LogP contribution in [-0.4, -0.2) is 75.6 Å². The van der Waals surface area contributed by atoms with Crippen molar-refractivity contribution in [1.29, 1.82) is 0 Å². The SMILES string of the molecule is CCCCCCC/C=C\C/C=C\C/C=C\CCCCCCCCCCCOCC(COP(=O)(O)OCC[N+](C)(C)C)OC(=O)CCCCCCCCCCCCCCCCCCCCCC. The third kappa shape index (κ3) is 53.7. The Morgan fingerprint density at radius 2 is 0.833 bits per heavy atom. The molecule has 0 saturated heterocycles. The van der Waals surface area contributed by atoms with Crippen molar-refractivity contribution in [3.05, 3.63) is 36.5 Å². The number of nitrogens with zero attached hydrogens (tertiary/aromatic N) is 1. The fourth-order valence-corrected chi connectivity index (χ4v) is 8.83. The number of esters is 1. The van der Waals surface area contributed by atoms with Crippen molar-refractivity contribution >= 4 is 13.8 Å². The molecule has 0 bridgehead atoms. The molecule has 2 unspecified atom stereocenters. The maximum absolute atomic E-state index is 12.8. The van der Waals surface area contributed by atoms with Gasteiger partial charge in [0.1, 0.15) is 19.3 Å². The summed E-state index contributed by atoms with van der Waals surface area (Å²) >= 11 is 0. The third-order valence-electron chi connectivity index (χ3n) is 12.5. The molecule has 0 amide bonds. The number of ether oxygens (including phenoxy) is 2. The number of phosphoric ester groups is 1. The normalized spacial score (nSPS) is 13.7. The molecule has 0 heterocycles. The summed E-state index contributed by atoms with van der Waals surface area (Å²) in [5.41, 5.74) is 0. The van der Waals surface area contributed by atoms with Crippen LogP contribution in [0.5, 0.6) is 0 Å². The molecule has 0 saturated carbocycles. The average Bonchev–Trinajstić information content (AvgIpc) is 3.28. The van der Waals surface area contributed by atoms with Crippen LogP contribution in [0.3, 0.4) is 0 Å². The molecule has 1 N–H and O–H groups in total. The van der Waals surface area contributed by atoms with Gasteiger partial charge in [-0.1, -0.05) is 243 Å². The summed E-state index contributed by atoms with van der Waals surface area (Å²) in [4.78, 5) is 23.1. The third-order valence-corrected chi connectivity index (χ3v) is 13.4. The maximum atomic E-state index is 12.8. The van der Waals surface area contributed by atoms with Crippen molar-refractivity contribution in [2.75, 3.05) is 54.1 Å². The van der Waals surface area contributed by atoms with Crippen molar-refractivity contribution in [3.63, 3.8) is 0 Å². The van der Waals surface area contributed by atoms with Crippen molar-refractivity contribution in [1.82, 2.24) is 0 Å². The predicted molar refractivity (Wildman–Crippen MR) is 284 cm³/mol. The summed E-state index contributed by atoms with van der Waals surface area (Å²) in [6.45, 7) is 5.65. The summed E-state index contributed by atoms with van der Waals surface area (Å²) in [5.74, 6) is -0.310. The van der Waals surface area contributed by atoms with Gasteiger partial charge in [0.15, 0.2) is 0 Å². The van der Waals surface area contributed by atoms with Crippen LogP contribution >= 0.6 is 7.82 Å². The van der Waals surface area contributed by atoms with Gasteiger partial charge in [-0.3, -0.25) is 13.8 Å². The quantitative estimate of drug-likeness (QED) is 0.0213. The Kier molecular flexibility index (Phi) is 49.1. The van der Waals surface area contributed by atoms with Gasteiger partial charge in [0.05, 0.1) is 34.4 Å². The van der Waals surface area contributed by atoms with E-state index in [1.165, 1.54) is 199 Å². The Balaban J connectivity index is 4.08. The molecule has 8 nitrogen and oxygen atoms in total. The summed E-state index contributed by atoms with van der Waals surface area (Å²) in [5, 5.41) is 0. The first-order valence-electron chi connectivity index (χ1n) is 28.2. The molecule has 9 heteroatoms.